The molecule has 2 aliphatic heterocycles. The number of hydrogen-bond donors (Lipinski definition) is 2. The Morgan fingerprint density at radius 1 is 1.39 bits per heavy atom. The van der Waals surface area contributed by atoms with Crippen molar-refractivity contribution >= 4 is 6.03 Å². The molecule has 2 heterocycles. The molecular weight excluding hydrogens is 226 g/mol. The summed E-state index contributed by atoms with van der Waals surface area (Å²) in [5.74, 6) is 0.750. The van der Waals surface area contributed by atoms with Gasteiger partial charge in [0.05, 0.1) is 6.04 Å². The van der Waals surface area contributed by atoms with Gasteiger partial charge in [-0.15, -0.1) is 0 Å². The maximum atomic E-state index is 11.9. The van der Waals surface area contributed by atoms with Crippen LogP contribution >= 0.6 is 0 Å². The van der Waals surface area contributed by atoms with E-state index >= 15 is 0 Å². The summed E-state index contributed by atoms with van der Waals surface area (Å²) in [5.41, 5.74) is 0.150. The standard InChI is InChI=1S/C14H27N3O/c1-14(2,3)12-10-17(13(18)16-12)8-6-11-5-4-7-15-9-11/h11-12,15H,4-10H2,1-3H3,(H,16,18). The SMILES string of the molecule is CC(C)(C)C1CN(CCC2CCCNC2)C(=O)N1. The van der Waals surface area contributed by atoms with Gasteiger partial charge < -0.3 is 15.5 Å². The molecule has 0 saturated carbocycles. The second-order valence-electron chi connectivity index (χ2n) is 6.82. The van der Waals surface area contributed by atoms with Crippen molar-refractivity contribution in [1.29, 1.82) is 0 Å². The van der Waals surface area contributed by atoms with Crippen molar-refractivity contribution < 1.29 is 4.79 Å². The van der Waals surface area contributed by atoms with Gasteiger partial charge in [-0.25, -0.2) is 4.79 Å². The Hall–Kier alpha value is -0.770. The first kappa shape index (κ1) is 13.7. The minimum absolute atomic E-state index is 0.124. The minimum atomic E-state index is 0.124. The third kappa shape index (κ3) is 3.37. The number of carbonyl (C=O) groups excluding carboxylic acids is 1. The Balaban J connectivity index is 1.78. The third-order valence-corrected chi connectivity index (χ3v) is 4.24. The fourth-order valence-corrected chi connectivity index (χ4v) is 2.78. The fraction of sp³-hybridized carbons (Fsp3) is 0.929. The maximum Gasteiger partial charge on any atom is 0.317 e. The van der Waals surface area contributed by atoms with Gasteiger partial charge in [-0.3, -0.25) is 0 Å². The van der Waals surface area contributed by atoms with Crippen LogP contribution in [0.2, 0.25) is 0 Å². The van der Waals surface area contributed by atoms with E-state index in [2.05, 4.69) is 31.4 Å². The van der Waals surface area contributed by atoms with Crippen LogP contribution in [0.5, 0.6) is 0 Å². The molecule has 0 bridgehead atoms. The summed E-state index contributed by atoms with van der Waals surface area (Å²) in [5, 5.41) is 6.54. The van der Waals surface area contributed by atoms with E-state index in [0.29, 0.717) is 0 Å². The molecule has 2 unspecified atom stereocenters. The number of hydrogen-bond acceptors (Lipinski definition) is 2. The summed E-state index contributed by atoms with van der Waals surface area (Å²) in [6.07, 6.45) is 3.73. The van der Waals surface area contributed by atoms with Crippen molar-refractivity contribution in [2.24, 2.45) is 11.3 Å². The lowest BCUT2D eigenvalue weighted by atomic mass is 9.87. The molecule has 2 aliphatic rings. The predicted octanol–water partition coefficient (Wildman–Crippen LogP) is 1.82. The highest BCUT2D eigenvalue weighted by Crippen LogP contribution is 2.24. The van der Waals surface area contributed by atoms with Gasteiger partial charge in [-0.1, -0.05) is 20.8 Å². The summed E-state index contributed by atoms with van der Waals surface area (Å²) in [7, 11) is 0. The molecule has 2 fully saturated rings. The topological polar surface area (TPSA) is 44.4 Å². The van der Waals surface area contributed by atoms with Gasteiger partial charge >= 0.3 is 6.03 Å². The summed E-state index contributed by atoms with van der Waals surface area (Å²) >= 11 is 0. The van der Waals surface area contributed by atoms with Crippen LogP contribution in [-0.2, 0) is 0 Å². The number of rotatable bonds is 3. The van der Waals surface area contributed by atoms with E-state index in [0.717, 1.165) is 38.5 Å². The molecule has 18 heavy (non-hydrogen) atoms. The molecule has 0 aromatic rings. The van der Waals surface area contributed by atoms with Crippen molar-refractivity contribution in [3.63, 3.8) is 0 Å². The normalized spacial score (nSPS) is 29.5. The summed E-state index contributed by atoms with van der Waals surface area (Å²) in [4.78, 5) is 13.9. The van der Waals surface area contributed by atoms with Gasteiger partial charge in [0.1, 0.15) is 0 Å². The second kappa shape index (κ2) is 5.47. The minimum Gasteiger partial charge on any atom is -0.333 e. The van der Waals surface area contributed by atoms with Gasteiger partial charge in [-0.05, 0) is 43.7 Å². The lowest BCUT2D eigenvalue weighted by molar-refractivity contribution is 0.210. The van der Waals surface area contributed by atoms with Crippen LogP contribution in [0.4, 0.5) is 4.79 Å². The van der Waals surface area contributed by atoms with Crippen LogP contribution in [0, 0.1) is 11.3 Å². The Labute approximate surface area is 110 Å². The van der Waals surface area contributed by atoms with Crippen LogP contribution in [0.25, 0.3) is 0 Å². The molecule has 0 aromatic carbocycles. The summed E-state index contributed by atoms with van der Waals surface area (Å²) < 4.78 is 0. The molecule has 0 aromatic heterocycles. The highest BCUT2D eigenvalue weighted by Gasteiger charge is 2.36. The molecule has 2 rings (SSSR count). The van der Waals surface area contributed by atoms with Crippen LogP contribution < -0.4 is 10.6 Å². The van der Waals surface area contributed by atoms with Gasteiger partial charge in [0, 0.05) is 13.1 Å². The molecule has 104 valence electrons. The second-order valence-corrected chi connectivity index (χ2v) is 6.82. The maximum absolute atomic E-state index is 11.9. The molecule has 2 amide bonds. The third-order valence-electron chi connectivity index (χ3n) is 4.24. The Morgan fingerprint density at radius 2 is 2.17 bits per heavy atom. The van der Waals surface area contributed by atoms with Gasteiger partial charge in [0.15, 0.2) is 0 Å². The van der Waals surface area contributed by atoms with Crippen molar-refractivity contribution in [3.05, 3.63) is 0 Å². The van der Waals surface area contributed by atoms with E-state index in [1.807, 2.05) is 4.90 Å². The zero-order chi connectivity index (χ0) is 13.2. The first-order valence-corrected chi connectivity index (χ1v) is 7.23. The quantitative estimate of drug-likeness (QED) is 0.806. The Kier molecular flexibility index (Phi) is 4.15. The fourth-order valence-electron chi connectivity index (χ4n) is 2.78. The number of carbonyl (C=O) groups is 1. The highest BCUT2D eigenvalue weighted by atomic mass is 16.2. The van der Waals surface area contributed by atoms with Crippen molar-refractivity contribution in [1.82, 2.24) is 15.5 Å². The number of amides is 2. The predicted molar refractivity (Wildman–Crippen MR) is 73.6 cm³/mol. The largest absolute Gasteiger partial charge is 0.333 e. The monoisotopic (exact) mass is 253 g/mol. The zero-order valence-corrected chi connectivity index (χ0v) is 12.0. The lowest BCUT2D eigenvalue weighted by Crippen LogP contribution is -2.38. The Morgan fingerprint density at radius 3 is 2.72 bits per heavy atom. The number of nitrogens with zero attached hydrogens (tertiary/aromatic N) is 1. The van der Waals surface area contributed by atoms with Crippen molar-refractivity contribution in [2.45, 2.75) is 46.1 Å². The molecular formula is C14H27N3O. The first-order chi connectivity index (χ1) is 8.47. The molecule has 2 N–H and O–H groups in total. The molecule has 2 atom stereocenters. The van der Waals surface area contributed by atoms with Gasteiger partial charge in [0.2, 0.25) is 0 Å². The van der Waals surface area contributed by atoms with Crippen LogP contribution in [0.3, 0.4) is 0 Å². The van der Waals surface area contributed by atoms with Gasteiger partial charge in [0.25, 0.3) is 0 Å². The van der Waals surface area contributed by atoms with Crippen LogP contribution in [0.1, 0.15) is 40.0 Å². The van der Waals surface area contributed by atoms with E-state index in [-0.39, 0.29) is 17.5 Å². The molecule has 0 spiro atoms. The molecule has 0 radical (unpaired) electrons. The Bertz CT molecular complexity index is 292. The van der Waals surface area contributed by atoms with E-state index in [1.165, 1.54) is 12.8 Å². The van der Waals surface area contributed by atoms with Gasteiger partial charge in [-0.2, -0.15) is 0 Å². The van der Waals surface area contributed by atoms with Crippen molar-refractivity contribution in [3.8, 4) is 0 Å². The average Bonchev–Trinajstić information content (AvgIpc) is 2.69. The number of piperidine rings is 1. The molecule has 4 nitrogen and oxygen atoms in total. The van der Waals surface area contributed by atoms with Crippen molar-refractivity contribution in [2.75, 3.05) is 26.2 Å². The number of nitrogens with one attached hydrogen (secondary N) is 2. The van der Waals surface area contributed by atoms with Crippen LogP contribution in [-0.4, -0.2) is 43.2 Å². The lowest BCUT2D eigenvalue weighted by Gasteiger charge is -2.27. The molecule has 0 aliphatic carbocycles. The first-order valence-electron chi connectivity index (χ1n) is 7.23. The number of urea groups is 1. The summed E-state index contributed by atoms with van der Waals surface area (Å²) in [6.45, 7) is 10.6. The smallest absolute Gasteiger partial charge is 0.317 e. The molecule has 2 saturated heterocycles. The summed E-state index contributed by atoms with van der Waals surface area (Å²) in [6, 6.07) is 0.410. The average molecular weight is 253 g/mol. The highest BCUT2D eigenvalue weighted by molar-refractivity contribution is 5.77. The van der Waals surface area contributed by atoms with E-state index < -0.39 is 0 Å². The molecule has 4 heteroatoms. The van der Waals surface area contributed by atoms with Crippen LogP contribution in [0.15, 0.2) is 0 Å². The van der Waals surface area contributed by atoms with E-state index in [1.54, 1.807) is 0 Å². The zero-order valence-electron chi connectivity index (χ0n) is 12.0. The van der Waals surface area contributed by atoms with E-state index in [4.69, 9.17) is 0 Å². The van der Waals surface area contributed by atoms with E-state index in [9.17, 15) is 4.79 Å².